The molecule has 1 aromatic carbocycles. The summed E-state index contributed by atoms with van der Waals surface area (Å²) in [6.45, 7) is 2.01. The molecule has 1 aliphatic rings. The van der Waals surface area contributed by atoms with Gasteiger partial charge >= 0.3 is 0 Å². The molecule has 2 rings (SSSR count). The smallest absolute Gasteiger partial charge is 0.249 e. The van der Waals surface area contributed by atoms with Crippen LogP contribution >= 0.6 is 11.6 Å². The average Bonchev–Trinajstić information content (AvgIpc) is 2.42. The summed E-state index contributed by atoms with van der Waals surface area (Å²) in [7, 11) is 0. The zero-order valence-electron chi connectivity index (χ0n) is 10.8. The van der Waals surface area contributed by atoms with Crippen molar-refractivity contribution in [1.29, 1.82) is 0 Å². The van der Waals surface area contributed by atoms with Gasteiger partial charge in [0.05, 0.1) is 12.6 Å². The maximum absolute atomic E-state index is 12.0. The molecule has 1 unspecified atom stereocenters. The molecule has 0 saturated carbocycles. The van der Waals surface area contributed by atoms with Crippen LogP contribution in [0, 0.1) is 0 Å². The third kappa shape index (κ3) is 3.93. The number of benzene rings is 1. The predicted octanol–water partition coefficient (Wildman–Crippen LogP) is 1.81. The summed E-state index contributed by atoms with van der Waals surface area (Å²) < 4.78 is 5.33. The third-order valence-electron chi connectivity index (χ3n) is 3.30. The Labute approximate surface area is 118 Å². The predicted molar refractivity (Wildman–Crippen MR) is 74.9 cm³/mol. The van der Waals surface area contributed by atoms with Crippen molar-refractivity contribution in [2.45, 2.75) is 25.4 Å². The fraction of sp³-hybridized carbons (Fsp3) is 0.500. The zero-order chi connectivity index (χ0) is 13.7. The van der Waals surface area contributed by atoms with E-state index in [-0.39, 0.29) is 18.6 Å². The summed E-state index contributed by atoms with van der Waals surface area (Å²) in [5, 5.41) is 0.705. The minimum atomic E-state index is 0.0446. The van der Waals surface area contributed by atoms with Crippen molar-refractivity contribution in [2.75, 3.05) is 19.8 Å². The number of hydrogen-bond donors (Lipinski definition) is 1. The number of hydrogen-bond acceptors (Lipinski definition) is 3. The van der Waals surface area contributed by atoms with E-state index in [1.807, 2.05) is 29.2 Å². The van der Waals surface area contributed by atoms with Gasteiger partial charge in [-0.1, -0.05) is 23.7 Å². The zero-order valence-corrected chi connectivity index (χ0v) is 11.6. The van der Waals surface area contributed by atoms with E-state index >= 15 is 0 Å². The standard InChI is InChI=1S/C14H19ClN2O2/c15-12-5-3-11(4-6-12)8-17-13(2-1-7-16)9-19-10-14(17)18/h3-6,13H,1-2,7-10,16H2. The lowest BCUT2D eigenvalue weighted by atomic mass is 10.1. The summed E-state index contributed by atoms with van der Waals surface area (Å²) in [6.07, 6.45) is 1.79. The first-order valence-corrected chi connectivity index (χ1v) is 6.90. The number of ether oxygens (including phenoxy) is 1. The summed E-state index contributed by atoms with van der Waals surface area (Å²) in [4.78, 5) is 13.9. The molecular formula is C14H19ClN2O2. The number of carbonyl (C=O) groups excluding carboxylic acids is 1. The Bertz CT molecular complexity index is 422. The van der Waals surface area contributed by atoms with Gasteiger partial charge in [0.25, 0.3) is 0 Å². The van der Waals surface area contributed by atoms with Gasteiger partial charge in [-0.15, -0.1) is 0 Å². The average molecular weight is 283 g/mol. The molecule has 0 aromatic heterocycles. The Balaban J connectivity index is 2.04. The first-order chi connectivity index (χ1) is 9.20. The van der Waals surface area contributed by atoms with Crippen LogP contribution in [0.4, 0.5) is 0 Å². The van der Waals surface area contributed by atoms with Gasteiger partial charge in [-0.05, 0) is 37.1 Å². The van der Waals surface area contributed by atoms with Crippen LogP contribution in [0.2, 0.25) is 5.02 Å². The molecule has 1 saturated heterocycles. The molecule has 1 fully saturated rings. The highest BCUT2D eigenvalue weighted by molar-refractivity contribution is 6.30. The quantitative estimate of drug-likeness (QED) is 0.896. The molecule has 19 heavy (non-hydrogen) atoms. The second kappa shape index (κ2) is 6.89. The molecule has 1 atom stereocenters. The van der Waals surface area contributed by atoms with Gasteiger partial charge in [0, 0.05) is 11.6 Å². The molecule has 1 heterocycles. The monoisotopic (exact) mass is 282 g/mol. The van der Waals surface area contributed by atoms with Gasteiger partial charge in [0.15, 0.2) is 0 Å². The van der Waals surface area contributed by atoms with Crippen LogP contribution in [0.3, 0.4) is 0 Å². The van der Waals surface area contributed by atoms with Crippen molar-refractivity contribution in [1.82, 2.24) is 4.90 Å². The maximum atomic E-state index is 12.0. The topological polar surface area (TPSA) is 55.6 Å². The summed E-state index contributed by atoms with van der Waals surface area (Å²) in [5.41, 5.74) is 6.62. The van der Waals surface area contributed by atoms with Gasteiger partial charge in [0.1, 0.15) is 6.61 Å². The van der Waals surface area contributed by atoms with Crippen LogP contribution in [0.5, 0.6) is 0 Å². The van der Waals surface area contributed by atoms with E-state index in [4.69, 9.17) is 22.1 Å². The maximum Gasteiger partial charge on any atom is 0.249 e. The van der Waals surface area contributed by atoms with Crippen molar-refractivity contribution >= 4 is 17.5 Å². The Hall–Kier alpha value is -1.10. The van der Waals surface area contributed by atoms with Crippen LogP contribution in [0.1, 0.15) is 18.4 Å². The van der Waals surface area contributed by atoms with Crippen LogP contribution < -0.4 is 5.73 Å². The molecule has 0 spiro atoms. The lowest BCUT2D eigenvalue weighted by Gasteiger charge is -2.35. The number of nitrogens with zero attached hydrogens (tertiary/aromatic N) is 1. The number of nitrogens with two attached hydrogens (primary N) is 1. The van der Waals surface area contributed by atoms with Crippen molar-refractivity contribution < 1.29 is 9.53 Å². The molecule has 1 amide bonds. The highest BCUT2D eigenvalue weighted by Crippen LogP contribution is 2.18. The summed E-state index contributed by atoms with van der Waals surface area (Å²) >= 11 is 5.87. The molecule has 0 radical (unpaired) electrons. The number of carbonyl (C=O) groups is 1. The molecule has 104 valence electrons. The normalized spacial score (nSPS) is 19.8. The molecule has 1 aliphatic heterocycles. The molecular weight excluding hydrogens is 264 g/mol. The van der Waals surface area contributed by atoms with E-state index < -0.39 is 0 Å². The second-order valence-electron chi connectivity index (χ2n) is 4.75. The van der Waals surface area contributed by atoms with E-state index in [1.165, 1.54) is 0 Å². The Kier molecular flexibility index (Phi) is 5.19. The molecule has 5 heteroatoms. The van der Waals surface area contributed by atoms with E-state index in [1.54, 1.807) is 0 Å². The number of halogens is 1. The van der Waals surface area contributed by atoms with E-state index in [0.717, 1.165) is 18.4 Å². The SMILES string of the molecule is NCCCC1COCC(=O)N1Cc1ccc(Cl)cc1. The third-order valence-corrected chi connectivity index (χ3v) is 3.56. The lowest BCUT2D eigenvalue weighted by molar-refractivity contribution is -0.149. The molecule has 0 aliphatic carbocycles. The summed E-state index contributed by atoms with van der Waals surface area (Å²) in [6, 6.07) is 7.71. The Morgan fingerprint density at radius 1 is 1.37 bits per heavy atom. The van der Waals surface area contributed by atoms with Crippen LogP contribution in [0.25, 0.3) is 0 Å². The molecule has 4 nitrogen and oxygen atoms in total. The number of morpholine rings is 1. The van der Waals surface area contributed by atoms with E-state index in [2.05, 4.69) is 0 Å². The summed E-state index contributed by atoms with van der Waals surface area (Å²) in [5.74, 6) is 0.0446. The minimum Gasteiger partial charge on any atom is -0.369 e. The van der Waals surface area contributed by atoms with Crippen molar-refractivity contribution in [3.63, 3.8) is 0 Å². The van der Waals surface area contributed by atoms with Gasteiger partial charge in [-0.25, -0.2) is 0 Å². The highest BCUT2D eigenvalue weighted by atomic mass is 35.5. The minimum absolute atomic E-state index is 0.0446. The number of amides is 1. The van der Waals surface area contributed by atoms with Crippen LogP contribution in [-0.4, -0.2) is 36.6 Å². The van der Waals surface area contributed by atoms with Gasteiger partial charge in [0.2, 0.25) is 5.91 Å². The van der Waals surface area contributed by atoms with Crippen LogP contribution in [0.15, 0.2) is 24.3 Å². The van der Waals surface area contributed by atoms with Crippen molar-refractivity contribution in [3.8, 4) is 0 Å². The fourth-order valence-corrected chi connectivity index (χ4v) is 2.38. The van der Waals surface area contributed by atoms with Gasteiger partial charge in [-0.3, -0.25) is 4.79 Å². The Morgan fingerprint density at radius 3 is 2.79 bits per heavy atom. The molecule has 0 bridgehead atoms. The molecule has 1 aromatic rings. The largest absolute Gasteiger partial charge is 0.369 e. The van der Waals surface area contributed by atoms with Crippen molar-refractivity contribution in [3.05, 3.63) is 34.9 Å². The molecule has 2 N–H and O–H groups in total. The first kappa shape index (κ1) is 14.3. The highest BCUT2D eigenvalue weighted by Gasteiger charge is 2.28. The second-order valence-corrected chi connectivity index (χ2v) is 5.18. The fourth-order valence-electron chi connectivity index (χ4n) is 2.26. The number of rotatable bonds is 5. The lowest BCUT2D eigenvalue weighted by Crippen LogP contribution is -2.48. The van der Waals surface area contributed by atoms with Crippen LogP contribution in [-0.2, 0) is 16.1 Å². The van der Waals surface area contributed by atoms with E-state index in [9.17, 15) is 4.79 Å². The van der Waals surface area contributed by atoms with E-state index in [0.29, 0.717) is 24.7 Å². The first-order valence-electron chi connectivity index (χ1n) is 6.52. The van der Waals surface area contributed by atoms with Crippen molar-refractivity contribution in [2.24, 2.45) is 5.73 Å². The van der Waals surface area contributed by atoms with Gasteiger partial charge < -0.3 is 15.4 Å². The Morgan fingerprint density at radius 2 is 2.11 bits per heavy atom. The van der Waals surface area contributed by atoms with Gasteiger partial charge in [-0.2, -0.15) is 0 Å².